The molecule has 0 aromatic heterocycles. The third-order valence-electron chi connectivity index (χ3n) is 3.47. The van der Waals surface area contributed by atoms with Crippen molar-refractivity contribution < 1.29 is 14.4 Å². The van der Waals surface area contributed by atoms with Crippen LogP contribution in [-0.4, -0.2) is 23.6 Å². The monoisotopic (exact) mass is 302 g/mol. The van der Waals surface area contributed by atoms with Gasteiger partial charge < -0.3 is 4.90 Å². The second kappa shape index (κ2) is 5.73. The summed E-state index contributed by atoms with van der Waals surface area (Å²) in [6.07, 6.45) is 4.26. The van der Waals surface area contributed by atoms with E-state index in [0.717, 1.165) is 42.4 Å². The largest absolute Gasteiger partial charge is 0.312 e. The molecule has 6 heteroatoms. The first-order valence-electron chi connectivity index (χ1n) is 6.79. The number of rotatable bonds is 2. The first kappa shape index (κ1) is 13.9. The number of piperidine rings is 1. The van der Waals surface area contributed by atoms with Gasteiger partial charge in [-0.15, -0.1) is 0 Å². The number of thioether (sulfide) groups is 1. The normalized spacial score (nSPS) is 21.0. The molecule has 2 fully saturated rings. The molecule has 0 aliphatic carbocycles. The minimum absolute atomic E-state index is 0.156. The SMILES string of the molecule is O=C1NC(=O)C(=Cc2ccc(N3CCCCC3=O)cc2)S1. The van der Waals surface area contributed by atoms with Gasteiger partial charge in [-0.3, -0.25) is 19.7 Å². The van der Waals surface area contributed by atoms with Crippen LogP contribution in [0.15, 0.2) is 29.2 Å². The first-order valence-corrected chi connectivity index (χ1v) is 7.60. The van der Waals surface area contributed by atoms with Gasteiger partial charge in [0.1, 0.15) is 0 Å². The van der Waals surface area contributed by atoms with Crippen LogP contribution in [0.4, 0.5) is 10.5 Å². The molecule has 0 bridgehead atoms. The van der Waals surface area contributed by atoms with E-state index in [4.69, 9.17) is 0 Å². The molecule has 3 rings (SSSR count). The Bertz CT molecular complexity index is 637. The van der Waals surface area contributed by atoms with E-state index in [1.807, 2.05) is 24.3 Å². The Hall–Kier alpha value is -2.08. The highest BCUT2D eigenvalue weighted by Gasteiger charge is 2.25. The van der Waals surface area contributed by atoms with E-state index in [-0.39, 0.29) is 17.1 Å². The second-order valence-electron chi connectivity index (χ2n) is 4.95. The summed E-state index contributed by atoms with van der Waals surface area (Å²) in [5.41, 5.74) is 1.71. The number of benzene rings is 1. The summed E-state index contributed by atoms with van der Waals surface area (Å²) in [5, 5.41) is 1.87. The second-order valence-corrected chi connectivity index (χ2v) is 5.96. The molecule has 108 valence electrons. The van der Waals surface area contributed by atoms with Crippen molar-refractivity contribution in [1.29, 1.82) is 0 Å². The predicted molar refractivity (Wildman–Crippen MR) is 81.8 cm³/mol. The number of amides is 3. The first-order chi connectivity index (χ1) is 10.1. The maximum absolute atomic E-state index is 11.9. The third kappa shape index (κ3) is 3.00. The molecule has 1 aromatic carbocycles. The number of anilines is 1. The topological polar surface area (TPSA) is 66.5 Å². The highest BCUT2D eigenvalue weighted by atomic mass is 32.2. The number of imide groups is 1. The van der Waals surface area contributed by atoms with Gasteiger partial charge in [-0.2, -0.15) is 0 Å². The maximum atomic E-state index is 11.9. The molecule has 0 atom stereocenters. The third-order valence-corrected chi connectivity index (χ3v) is 4.28. The van der Waals surface area contributed by atoms with E-state index in [0.29, 0.717) is 11.3 Å². The minimum Gasteiger partial charge on any atom is -0.312 e. The van der Waals surface area contributed by atoms with E-state index in [1.54, 1.807) is 11.0 Å². The van der Waals surface area contributed by atoms with Crippen LogP contribution in [-0.2, 0) is 9.59 Å². The van der Waals surface area contributed by atoms with Crippen LogP contribution in [0.25, 0.3) is 6.08 Å². The molecule has 3 amide bonds. The van der Waals surface area contributed by atoms with Gasteiger partial charge in [-0.1, -0.05) is 12.1 Å². The van der Waals surface area contributed by atoms with Crippen molar-refractivity contribution >= 4 is 40.6 Å². The number of hydrogen-bond donors (Lipinski definition) is 1. The average Bonchev–Trinajstić information content (AvgIpc) is 2.78. The zero-order valence-electron chi connectivity index (χ0n) is 11.3. The fourth-order valence-electron chi connectivity index (χ4n) is 2.40. The lowest BCUT2D eigenvalue weighted by atomic mass is 10.1. The van der Waals surface area contributed by atoms with Gasteiger partial charge >= 0.3 is 0 Å². The summed E-state index contributed by atoms with van der Waals surface area (Å²) in [6, 6.07) is 7.44. The van der Waals surface area contributed by atoms with Gasteiger partial charge in [0.2, 0.25) is 5.91 Å². The van der Waals surface area contributed by atoms with Crippen LogP contribution in [0.3, 0.4) is 0 Å². The molecule has 2 aliphatic heterocycles. The zero-order valence-corrected chi connectivity index (χ0v) is 12.1. The van der Waals surface area contributed by atoms with Gasteiger partial charge in [0.05, 0.1) is 4.91 Å². The van der Waals surface area contributed by atoms with Crippen molar-refractivity contribution in [2.45, 2.75) is 19.3 Å². The fraction of sp³-hybridized carbons (Fsp3) is 0.267. The molecular weight excluding hydrogens is 288 g/mol. The van der Waals surface area contributed by atoms with Crippen LogP contribution in [0, 0.1) is 0 Å². The van der Waals surface area contributed by atoms with Crippen molar-refractivity contribution in [2.24, 2.45) is 0 Å². The number of nitrogens with one attached hydrogen (secondary N) is 1. The highest BCUT2D eigenvalue weighted by molar-refractivity contribution is 8.18. The molecule has 2 heterocycles. The van der Waals surface area contributed by atoms with Crippen LogP contribution < -0.4 is 10.2 Å². The molecule has 0 saturated carbocycles. The van der Waals surface area contributed by atoms with Crippen molar-refractivity contribution in [3.8, 4) is 0 Å². The molecule has 2 saturated heterocycles. The lowest BCUT2D eigenvalue weighted by molar-refractivity contribution is -0.119. The molecule has 0 spiro atoms. The minimum atomic E-state index is -0.361. The standard InChI is InChI=1S/C15H14N2O3S/c18-13-3-1-2-8-17(13)11-6-4-10(5-7-11)9-12-14(19)16-15(20)21-12/h4-7,9H,1-3,8H2,(H,16,19,20). The lowest BCUT2D eigenvalue weighted by Crippen LogP contribution is -2.35. The summed E-state index contributed by atoms with van der Waals surface area (Å²) in [5.74, 6) is -0.205. The van der Waals surface area contributed by atoms with Gasteiger partial charge in [0.15, 0.2) is 0 Å². The van der Waals surface area contributed by atoms with E-state index < -0.39 is 0 Å². The van der Waals surface area contributed by atoms with Crippen LogP contribution in [0.1, 0.15) is 24.8 Å². The summed E-state index contributed by atoms with van der Waals surface area (Å²) in [6.45, 7) is 0.756. The summed E-state index contributed by atoms with van der Waals surface area (Å²) in [4.78, 5) is 36.6. The lowest BCUT2D eigenvalue weighted by Gasteiger charge is -2.26. The summed E-state index contributed by atoms with van der Waals surface area (Å²) in [7, 11) is 0. The Morgan fingerprint density at radius 1 is 1.10 bits per heavy atom. The fourth-order valence-corrected chi connectivity index (χ4v) is 3.08. The smallest absolute Gasteiger partial charge is 0.290 e. The van der Waals surface area contributed by atoms with Gasteiger partial charge in [-0.25, -0.2) is 0 Å². The molecule has 0 radical (unpaired) electrons. The Kier molecular flexibility index (Phi) is 3.79. The van der Waals surface area contributed by atoms with Crippen molar-refractivity contribution in [2.75, 3.05) is 11.4 Å². The van der Waals surface area contributed by atoms with E-state index >= 15 is 0 Å². The molecule has 21 heavy (non-hydrogen) atoms. The maximum Gasteiger partial charge on any atom is 0.290 e. The van der Waals surface area contributed by atoms with Crippen molar-refractivity contribution in [3.63, 3.8) is 0 Å². The molecule has 2 aliphatic rings. The van der Waals surface area contributed by atoms with Gasteiger partial charge in [0.25, 0.3) is 11.1 Å². The van der Waals surface area contributed by atoms with Crippen LogP contribution >= 0.6 is 11.8 Å². The molecular formula is C15H14N2O3S. The van der Waals surface area contributed by atoms with Crippen LogP contribution in [0.2, 0.25) is 0 Å². The summed E-state index contributed by atoms with van der Waals surface area (Å²) >= 11 is 0.898. The Labute approximate surface area is 126 Å². The van der Waals surface area contributed by atoms with E-state index in [9.17, 15) is 14.4 Å². The van der Waals surface area contributed by atoms with Gasteiger partial charge in [0, 0.05) is 18.7 Å². The quantitative estimate of drug-likeness (QED) is 0.853. The molecule has 1 N–H and O–H groups in total. The molecule has 1 aromatic rings. The molecule has 5 nitrogen and oxygen atoms in total. The van der Waals surface area contributed by atoms with Crippen molar-refractivity contribution in [1.82, 2.24) is 5.32 Å². The van der Waals surface area contributed by atoms with E-state index in [2.05, 4.69) is 5.32 Å². The predicted octanol–water partition coefficient (Wildman–Crippen LogP) is 2.53. The number of hydrogen-bond acceptors (Lipinski definition) is 4. The van der Waals surface area contributed by atoms with Crippen molar-refractivity contribution in [3.05, 3.63) is 34.7 Å². The van der Waals surface area contributed by atoms with E-state index in [1.165, 1.54) is 0 Å². The Morgan fingerprint density at radius 2 is 1.86 bits per heavy atom. The van der Waals surface area contributed by atoms with Gasteiger partial charge in [-0.05, 0) is 48.4 Å². The van der Waals surface area contributed by atoms with Crippen LogP contribution in [0.5, 0.6) is 0 Å². The number of carbonyl (C=O) groups excluding carboxylic acids is 3. The number of nitrogens with zero attached hydrogens (tertiary/aromatic N) is 1. The Morgan fingerprint density at radius 3 is 2.48 bits per heavy atom. The molecule has 0 unspecified atom stereocenters. The highest BCUT2D eigenvalue weighted by Crippen LogP contribution is 2.27. The number of carbonyl (C=O) groups is 3. The zero-order chi connectivity index (χ0) is 14.8. The average molecular weight is 302 g/mol. The Balaban J connectivity index is 1.78. The summed E-state index contributed by atoms with van der Waals surface area (Å²) < 4.78 is 0.